The summed E-state index contributed by atoms with van der Waals surface area (Å²) in [4.78, 5) is 4.73. The first-order chi connectivity index (χ1) is 7.99. The second-order valence-electron chi connectivity index (χ2n) is 5.87. The maximum atomic E-state index is 10.3. The average molecular weight is 242 g/mol. The Morgan fingerprint density at radius 2 is 1.76 bits per heavy atom. The summed E-state index contributed by atoms with van der Waals surface area (Å²) >= 11 is 0. The average Bonchev–Trinajstić information content (AvgIpc) is 2.32. The van der Waals surface area contributed by atoms with E-state index in [2.05, 4.69) is 37.7 Å². The minimum atomic E-state index is -0.486. The molecule has 0 saturated carbocycles. The van der Waals surface area contributed by atoms with Crippen molar-refractivity contribution in [3.8, 4) is 0 Å². The molecule has 1 heterocycles. The van der Waals surface area contributed by atoms with Gasteiger partial charge in [0.15, 0.2) is 0 Å². The molecule has 102 valence electrons. The molecular weight excluding hydrogens is 212 g/mol. The van der Waals surface area contributed by atoms with E-state index < -0.39 is 5.60 Å². The van der Waals surface area contributed by atoms with E-state index >= 15 is 0 Å². The molecule has 1 N–H and O–H groups in total. The number of rotatable bonds is 6. The molecule has 0 amide bonds. The smallest absolute Gasteiger partial charge is 0.0768 e. The SMILES string of the molecule is CCC(O)(CC)CN(C)CC1CCN(C)CC1. The molecule has 0 atom stereocenters. The highest BCUT2D eigenvalue weighted by atomic mass is 16.3. The standard InChI is InChI=1S/C14H30N2O/c1-5-14(17,6-2)12-16(4)11-13-7-9-15(3)10-8-13/h13,17H,5-12H2,1-4H3. The summed E-state index contributed by atoms with van der Waals surface area (Å²) in [6.07, 6.45) is 4.30. The number of aliphatic hydroxyl groups is 1. The molecule has 1 aliphatic rings. The van der Waals surface area contributed by atoms with Crippen molar-refractivity contribution in [2.45, 2.75) is 45.1 Å². The number of hydrogen-bond acceptors (Lipinski definition) is 3. The fourth-order valence-electron chi connectivity index (χ4n) is 2.73. The topological polar surface area (TPSA) is 26.7 Å². The fraction of sp³-hybridized carbons (Fsp3) is 1.00. The highest BCUT2D eigenvalue weighted by Gasteiger charge is 2.26. The summed E-state index contributed by atoms with van der Waals surface area (Å²) in [5, 5.41) is 10.3. The Morgan fingerprint density at radius 1 is 1.24 bits per heavy atom. The van der Waals surface area contributed by atoms with Crippen LogP contribution in [0.5, 0.6) is 0 Å². The molecule has 0 aromatic heterocycles. The van der Waals surface area contributed by atoms with Crippen LogP contribution in [-0.4, -0.2) is 60.8 Å². The number of nitrogens with zero attached hydrogens (tertiary/aromatic N) is 2. The van der Waals surface area contributed by atoms with Gasteiger partial charge in [-0.3, -0.25) is 0 Å². The van der Waals surface area contributed by atoms with Crippen LogP contribution in [0.2, 0.25) is 0 Å². The summed E-state index contributed by atoms with van der Waals surface area (Å²) in [6.45, 7) is 8.55. The molecule has 0 aromatic carbocycles. The molecule has 0 radical (unpaired) electrons. The minimum Gasteiger partial charge on any atom is -0.389 e. The van der Waals surface area contributed by atoms with E-state index in [-0.39, 0.29) is 0 Å². The van der Waals surface area contributed by atoms with Gasteiger partial charge in [0.2, 0.25) is 0 Å². The monoisotopic (exact) mass is 242 g/mol. The van der Waals surface area contributed by atoms with E-state index in [0.717, 1.165) is 31.8 Å². The van der Waals surface area contributed by atoms with E-state index in [0.29, 0.717) is 0 Å². The fourth-order valence-corrected chi connectivity index (χ4v) is 2.73. The highest BCUT2D eigenvalue weighted by molar-refractivity contribution is 4.80. The molecule has 0 aromatic rings. The third-order valence-electron chi connectivity index (χ3n) is 4.29. The van der Waals surface area contributed by atoms with Crippen LogP contribution in [0.25, 0.3) is 0 Å². The van der Waals surface area contributed by atoms with Crippen molar-refractivity contribution in [1.82, 2.24) is 9.80 Å². The molecule has 0 unspecified atom stereocenters. The summed E-state index contributed by atoms with van der Waals surface area (Å²) in [6, 6.07) is 0. The van der Waals surface area contributed by atoms with Crippen LogP contribution >= 0.6 is 0 Å². The van der Waals surface area contributed by atoms with Crippen molar-refractivity contribution in [3.63, 3.8) is 0 Å². The third kappa shape index (κ3) is 4.94. The van der Waals surface area contributed by atoms with Crippen LogP contribution in [0.4, 0.5) is 0 Å². The van der Waals surface area contributed by atoms with Crippen LogP contribution in [0.1, 0.15) is 39.5 Å². The summed E-state index contributed by atoms with van der Waals surface area (Å²) < 4.78 is 0. The second kappa shape index (κ2) is 6.72. The van der Waals surface area contributed by atoms with Gasteiger partial charge in [0.25, 0.3) is 0 Å². The Labute approximate surface area is 107 Å². The Balaban J connectivity index is 2.31. The molecule has 3 heteroatoms. The predicted molar refractivity (Wildman–Crippen MR) is 73.2 cm³/mol. The van der Waals surface area contributed by atoms with Crippen molar-refractivity contribution in [2.24, 2.45) is 5.92 Å². The van der Waals surface area contributed by atoms with E-state index in [1.807, 2.05) is 0 Å². The van der Waals surface area contributed by atoms with Crippen LogP contribution in [0, 0.1) is 5.92 Å². The number of hydrogen-bond donors (Lipinski definition) is 1. The largest absolute Gasteiger partial charge is 0.389 e. The van der Waals surface area contributed by atoms with Gasteiger partial charge in [-0.2, -0.15) is 0 Å². The number of piperidine rings is 1. The normalized spacial score (nSPS) is 20.1. The molecule has 1 saturated heterocycles. The van der Waals surface area contributed by atoms with Crippen molar-refractivity contribution < 1.29 is 5.11 Å². The van der Waals surface area contributed by atoms with Crippen LogP contribution in [0.15, 0.2) is 0 Å². The van der Waals surface area contributed by atoms with Crippen molar-refractivity contribution in [1.29, 1.82) is 0 Å². The van der Waals surface area contributed by atoms with Crippen molar-refractivity contribution >= 4 is 0 Å². The van der Waals surface area contributed by atoms with E-state index in [9.17, 15) is 5.11 Å². The van der Waals surface area contributed by atoms with E-state index in [4.69, 9.17) is 0 Å². The predicted octanol–water partition coefficient (Wildman–Crippen LogP) is 1.81. The van der Waals surface area contributed by atoms with Gasteiger partial charge in [0, 0.05) is 13.1 Å². The van der Waals surface area contributed by atoms with Crippen molar-refractivity contribution in [2.75, 3.05) is 40.3 Å². The summed E-state index contributed by atoms with van der Waals surface area (Å²) in [5.41, 5.74) is -0.486. The van der Waals surface area contributed by atoms with Gasteiger partial charge in [-0.05, 0) is 58.8 Å². The molecular formula is C14H30N2O. The molecule has 1 rings (SSSR count). The third-order valence-corrected chi connectivity index (χ3v) is 4.29. The van der Waals surface area contributed by atoms with Gasteiger partial charge in [-0.15, -0.1) is 0 Å². The lowest BCUT2D eigenvalue weighted by Crippen LogP contribution is -2.43. The van der Waals surface area contributed by atoms with E-state index in [1.165, 1.54) is 25.9 Å². The first-order valence-electron chi connectivity index (χ1n) is 7.08. The molecule has 0 aliphatic carbocycles. The van der Waals surface area contributed by atoms with Gasteiger partial charge in [0.1, 0.15) is 0 Å². The first-order valence-corrected chi connectivity index (χ1v) is 7.08. The molecule has 0 spiro atoms. The van der Waals surface area contributed by atoms with Crippen LogP contribution in [-0.2, 0) is 0 Å². The zero-order valence-electron chi connectivity index (χ0n) is 12.1. The maximum absolute atomic E-state index is 10.3. The van der Waals surface area contributed by atoms with E-state index in [1.54, 1.807) is 0 Å². The zero-order valence-corrected chi connectivity index (χ0v) is 12.1. The van der Waals surface area contributed by atoms with Gasteiger partial charge in [0.05, 0.1) is 5.60 Å². The zero-order chi connectivity index (χ0) is 12.9. The van der Waals surface area contributed by atoms with Gasteiger partial charge in [-0.1, -0.05) is 13.8 Å². The molecule has 1 fully saturated rings. The first kappa shape index (κ1) is 14.9. The molecule has 1 aliphatic heterocycles. The van der Waals surface area contributed by atoms with Gasteiger partial charge >= 0.3 is 0 Å². The lowest BCUT2D eigenvalue weighted by molar-refractivity contribution is -0.00205. The number of likely N-dealkylation sites (N-methyl/N-ethyl adjacent to an activating group) is 1. The Hall–Kier alpha value is -0.120. The summed E-state index contributed by atoms with van der Waals surface area (Å²) in [5.74, 6) is 0.814. The number of likely N-dealkylation sites (tertiary alicyclic amines) is 1. The van der Waals surface area contributed by atoms with Gasteiger partial charge < -0.3 is 14.9 Å². The molecule has 0 bridgehead atoms. The minimum absolute atomic E-state index is 0.486. The highest BCUT2D eigenvalue weighted by Crippen LogP contribution is 2.20. The second-order valence-corrected chi connectivity index (χ2v) is 5.87. The lowest BCUT2D eigenvalue weighted by atomic mass is 9.94. The van der Waals surface area contributed by atoms with Crippen LogP contribution < -0.4 is 0 Å². The lowest BCUT2D eigenvalue weighted by Gasteiger charge is -2.35. The summed E-state index contributed by atoms with van der Waals surface area (Å²) in [7, 11) is 4.35. The van der Waals surface area contributed by atoms with Gasteiger partial charge in [-0.25, -0.2) is 0 Å². The Kier molecular flexibility index (Phi) is 5.90. The van der Waals surface area contributed by atoms with Crippen LogP contribution in [0.3, 0.4) is 0 Å². The maximum Gasteiger partial charge on any atom is 0.0768 e. The molecule has 3 nitrogen and oxygen atoms in total. The molecule has 17 heavy (non-hydrogen) atoms. The quantitative estimate of drug-likeness (QED) is 0.769. The Morgan fingerprint density at radius 3 is 2.24 bits per heavy atom. The van der Waals surface area contributed by atoms with Crippen molar-refractivity contribution in [3.05, 3.63) is 0 Å². The Bertz CT molecular complexity index is 208.